The van der Waals surface area contributed by atoms with Gasteiger partial charge in [0.1, 0.15) is 5.75 Å². The van der Waals surface area contributed by atoms with Gasteiger partial charge < -0.3 is 20.1 Å². The first-order chi connectivity index (χ1) is 18.6. The molecule has 0 bridgehead atoms. The second-order valence-corrected chi connectivity index (χ2v) is 12.2. The van der Waals surface area contributed by atoms with E-state index in [2.05, 4.69) is 42.7 Å². The normalized spacial score (nSPS) is 13.9. The molecule has 0 aliphatic carbocycles. The number of alkyl halides is 3. The fourth-order valence-electron chi connectivity index (χ4n) is 3.37. The molecule has 3 aromatic carbocycles. The number of rotatable bonds is 2. The predicted octanol–water partition coefficient (Wildman–Crippen LogP) is 8.96. The highest BCUT2D eigenvalue weighted by atomic mass is 35.5. The van der Waals surface area contributed by atoms with Crippen molar-refractivity contribution in [1.82, 2.24) is 10.3 Å². The van der Waals surface area contributed by atoms with Crippen LogP contribution in [0.25, 0.3) is 21.8 Å². The van der Waals surface area contributed by atoms with Crippen LogP contribution in [-0.4, -0.2) is 35.6 Å². The van der Waals surface area contributed by atoms with E-state index in [0.717, 1.165) is 69.7 Å². The van der Waals surface area contributed by atoms with Crippen LogP contribution in [0.1, 0.15) is 40.5 Å². The largest absolute Gasteiger partial charge is 0.573 e. The number of halogens is 5. The molecule has 220 valence electrons. The van der Waals surface area contributed by atoms with Crippen molar-refractivity contribution in [3.63, 3.8) is 0 Å². The zero-order valence-electron chi connectivity index (χ0n) is 22.9. The smallest absolute Gasteiger partial charge is 0.406 e. The molecule has 0 atom stereocenters. The Morgan fingerprint density at radius 3 is 1.65 bits per heavy atom. The van der Waals surface area contributed by atoms with Crippen molar-refractivity contribution in [1.29, 1.82) is 0 Å². The third-order valence-electron chi connectivity index (χ3n) is 5.02. The van der Waals surface area contributed by atoms with Crippen LogP contribution in [0.5, 0.6) is 5.75 Å². The van der Waals surface area contributed by atoms with Gasteiger partial charge in [0.25, 0.3) is 0 Å². The molecule has 0 unspecified atom stereocenters. The Morgan fingerprint density at radius 1 is 0.850 bits per heavy atom. The van der Waals surface area contributed by atoms with Gasteiger partial charge in [0, 0.05) is 36.7 Å². The number of nitrogens with one attached hydrogen (secondary N) is 2. The van der Waals surface area contributed by atoms with Gasteiger partial charge in [0.2, 0.25) is 0 Å². The van der Waals surface area contributed by atoms with Gasteiger partial charge in [-0.3, -0.25) is 5.14 Å². The highest BCUT2D eigenvalue weighted by molar-refractivity contribution is 7.97. The predicted molar refractivity (Wildman–Crippen MR) is 162 cm³/mol. The Bertz CT molecular complexity index is 1260. The molecule has 4 aromatic rings. The van der Waals surface area contributed by atoms with Gasteiger partial charge in [-0.05, 0) is 104 Å². The minimum atomic E-state index is -4.64. The minimum absolute atomic E-state index is 0.0266. The van der Waals surface area contributed by atoms with Gasteiger partial charge in [-0.2, -0.15) is 0 Å². The Balaban J connectivity index is 0.000000203. The summed E-state index contributed by atoms with van der Waals surface area (Å²) in [5.74, 6) is -0.245. The molecule has 40 heavy (non-hydrogen) atoms. The number of H-pyrrole nitrogens is 1. The molecule has 1 saturated heterocycles. The summed E-state index contributed by atoms with van der Waals surface area (Å²) in [7, 11) is 0. The summed E-state index contributed by atoms with van der Waals surface area (Å²) < 4.78 is 38.7. The topological polar surface area (TPSA) is 83.3 Å². The molecule has 1 fully saturated rings. The van der Waals surface area contributed by atoms with Crippen LogP contribution in [0.2, 0.25) is 10.0 Å². The number of aromatic amines is 1. The van der Waals surface area contributed by atoms with E-state index in [-0.39, 0.29) is 11.9 Å². The molecule has 0 saturated carbocycles. The van der Waals surface area contributed by atoms with Gasteiger partial charge in [-0.1, -0.05) is 50.9 Å². The summed E-state index contributed by atoms with van der Waals surface area (Å²) >= 11 is 12.9. The van der Waals surface area contributed by atoms with Gasteiger partial charge in [-0.25, -0.2) is 0 Å². The zero-order chi connectivity index (χ0) is 29.9. The molecule has 5 rings (SSSR count). The summed E-state index contributed by atoms with van der Waals surface area (Å²) in [6.07, 6.45) is -2.81. The summed E-state index contributed by atoms with van der Waals surface area (Å²) in [6.45, 7) is 10.7. The fourth-order valence-corrected chi connectivity index (χ4v) is 4.01. The molecule has 1 aromatic heterocycles. The van der Waals surface area contributed by atoms with E-state index in [0.29, 0.717) is 10.3 Å². The average molecular weight is 619 g/mol. The zero-order valence-corrected chi connectivity index (χ0v) is 25.2. The number of hydrogen-bond donors (Lipinski definition) is 4. The number of piperidine rings is 1. The average Bonchev–Trinajstić information content (AvgIpc) is 3.21. The maximum Gasteiger partial charge on any atom is 0.573 e. The molecule has 5 nitrogen and oxygen atoms in total. The maximum absolute atomic E-state index is 11.7. The Labute approximate surface area is 247 Å². The van der Waals surface area contributed by atoms with E-state index < -0.39 is 6.36 Å². The number of aliphatic hydroxyl groups excluding tert-OH is 1. The fraction of sp³-hybridized carbons (Fsp3) is 0.379. The molecule has 5 N–H and O–H groups in total. The van der Waals surface area contributed by atoms with Crippen molar-refractivity contribution in [3.8, 4) is 5.75 Å². The van der Waals surface area contributed by atoms with E-state index in [1.54, 1.807) is 0 Å². The summed E-state index contributed by atoms with van der Waals surface area (Å²) in [5.41, 5.74) is 2.66. The third-order valence-corrected chi connectivity index (χ3v) is 6.04. The van der Waals surface area contributed by atoms with Gasteiger partial charge in [-0.15, -0.1) is 13.2 Å². The second-order valence-electron chi connectivity index (χ2n) is 10.6. The van der Waals surface area contributed by atoms with Gasteiger partial charge in [0.05, 0.1) is 6.10 Å². The first-order valence-corrected chi connectivity index (χ1v) is 14.3. The number of hydrogen-bond acceptors (Lipinski definition) is 5. The first-order valence-electron chi connectivity index (χ1n) is 12.6. The molecule has 0 amide bonds. The minimum Gasteiger partial charge on any atom is -0.406 e. The molecule has 1 aliphatic rings. The van der Waals surface area contributed by atoms with Crippen LogP contribution in [0.15, 0.2) is 65.6 Å². The van der Waals surface area contributed by atoms with Crippen LogP contribution < -0.4 is 15.2 Å². The van der Waals surface area contributed by atoms with Crippen LogP contribution in [0.3, 0.4) is 0 Å². The molecule has 11 heteroatoms. The molecular formula is C29H36Cl2F3N3O2S. The molecular weight excluding hydrogens is 582 g/mol. The standard InChI is InChI=1S/C12H7Cl2N.C7H6F3NOS.C5H11NO.C5H12/c13-7-1-3-11-9(5-7)10-6-8(14)2-4-12(10)15-11;8-7(9,10)12-5-1-3-6(13-11)4-2-5;7-5-1-3-6-4-2-5;1-5(2,3)4/h1-6,15H;1-4H,11H2;5-7H,1-4H2;1-4H3. The molecule has 0 radical (unpaired) electrons. The quantitative estimate of drug-likeness (QED) is 0.169. The molecule has 2 heterocycles. The van der Waals surface area contributed by atoms with Gasteiger partial charge >= 0.3 is 6.36 Å². The van der Waals surface area contributed by atoms with E-state index >= 15 is 0 Å². The van der Waals surface area contributed by atoms with E-state index in [1.807, 2.05) is 36.4 Å². The SMILES string of the molecule is CC(C)(C)C.Clc1ccc2[nH]c3ccc(Cl)cc3c2c1.NSc1ccc(OC(F)(F)F)cc1.OC1CCNCC1. The summed E-state index contributed by atoms with van der Waals surface area (Å²) in [4.78, 5) is 3.99. The molecule has 0 spiro atoms. The number of fused-ring (bicyclic) bond motifs is 3. The monoisotopic (exact) mass is 617 g/mol. The lowest BCUT2D eigenvalue weighted by molar-refractivity contribution is -0.274. The number of aromatic nitrogens is 1. The Hall–Kier alpha value is -2.14. The Morgan fingerprint density at radius 2 is 1.30 bits per heavy atom. The van der Waals surface area contributed by atoms with Crippen molar-refractivity contribution in [2.75, 3.05) is 13.1 Å². The van der Waals surface area contributed by atoms with Crippen molar-refractivity contribution in [2.24, 2.45) is 10.6 Å². The second kappa shape index (κ2) is 15.7. The lowest BCUT2D eigenvalue weighted by Crippen LogP contribution is -2.30. The van der Waals surface area contributed by atoms with Crippen LogP contribution in [0.4, 0.5) is 13.2 Å². The summed E-state index contributed by atoms with van der Waals surface area (Å²) in [5, 5.41) is 20.9. The Kier molecular flexibility index (Phi) is 13.4. The van der Waals surface area contributed by atoms with Crippen molar-refractivity contribution < 1.29 is 23.0 Å². The van der Waals surface area contributed by atoms with Crippen molar-refractivity contribution >= 4 is 57.0 Å². The highest BCUT2D eigenvalue weighted by Gasteiger charge is 2.30. The van der Waals surface area contributed by atoms with Crippen LogP contribution in [-0.2, 0) is 0 Å². The van der Waals surface area contributed by atoms with Crippen molar-refractivity contribution in [2.45, 2.75) is 57.9 Å². The van der Waals surface area contributed by atoms with Crippen molar-refractivity contribution in [3.05, 3.63) is 70.7 Å². The lowest BCUT2D eigenvalue weighted by atomic mass is 10.0. The van der Waals surface area contributed by atoms with Crippen LogP contribution in [0, 0.1) is 5.41 Å². The van der Waals surface area contributed by atoms with Crippen LogP contribution >= 0.6 is 35.1 Å². The lowest BCUT2D eigenvalue weighted by Gasteiger charge is -2.16. The van der Waals surface area contributed by atoms with E-state index in [1.165, 1.54) is 24.3 Å². The van der Waals surface area contributed by atoms with E-state index in [9.17, 15) is 13.2 Å². The number of benzene rings is 3. The van der Waals surface area contributed by atoms with Gasteiger partial charge in [0.15, 0.2) is 0 Å². The molecule has 1 aliphatic heterocycles. The number of nitrogens with two attached hydrogens (primary N) is 1. The summed E-state index contributed by atoms with van der Waals surface area (Å²) in [6, 6.07) is 16.9. The number of ether oxygens (including phenoxy) is 1. The number of aliphatic hydroxyl groups is 1. The maximum atomic E-state index is 11.7. The third kappa shape index (κ3) is 13.5. The van der Waals surface area contributed by atoms with E-state index in [4.69, 9.17) is 33.4 Å². The first kappa shape index (κ1) is 34.1. The highest BCUT2D eigenvalue weighted by Crippen LogP contribution is 2.29.